The Kier molecular flexibility index (Phi) is 15.7. The summed E-state index contributed by atoms with van der Waals surface area (Å²) in [6, 6.07) is 13.8. The van der Waals surface area contributed by atoms with Gasteiger partial charge in [0, 0.05) is 10.9 Å². The van der Waals surface area contributed by atoms with Gasteiger partial charge in [0.2, 0.25) is 5.91 Å². The van der Waals surface area contributed by atoms with Gasteiger partial charge in [-0.3, -0.25) is 9.59 Å². The molecule has 0 atom stereocenters. The van der Waals surface area contributed by atoms with Crippen LogP contribution in [-0.2, 0) is 9.59 Å². The molecule has 0 aliphatic rings. The van der Waals surface area contributed by atoms with Gasteiger partial charge in [-0.2, -0.15) is 5.10 Å². The minimum absolute atomic E-state index is 0.113. The van der Waals surface area contributed by atoms with Crippen LogP contribution in [-0.4, -0.2) is 30.5 Å². The normalized spacial score (nSPS) is 10.9. The molecule has 0 fully saturated rings. The average Bonchev–Trinajstić information content (AvgIpc) is 2.91. The number of ether oxygens (including phenoxy) is 1. The Hall–Kier alpha value is -3.00. The van der Waals surface area contributed by atoms with Crippen LogP contribution in [0, 0.1) is 0 Å². The third kappa shape index (κ3) is 13.5. The SMILES string of the molecule is CCCCCCCCCCCCCC(=O)NCC(=O)N/N=C\c1ccc(OC(=O)c2ccccc2Br)cc1. The van der Waals surface area contributed by atoms with Gasteiger partial charge in [-0.15, -0.1) is 0 Å². The summed E-state index contributed by atoms with van der Waals surface area (Å²) in [6.45, 7) is 2.13. The highest BCUT2D eigenvalue weighted by atomic mass is 79.9. The van der Waals surface area contributed by atoms with Crippen molar-refractivity contribution in [1.82, 2.24) is 10.7 Å². The van der Waals surface area contributed by atoms with Crippen molar-refractivity contribution in [3.8, 4) is 5.75 Å². The van der Waals surface area contributed by atoms with E-state index < -0.39 is 11.9 Å². The number of carbonyl (C=O) groups is 3. The summed E-state index contributed by atoms with van der Waals surface area (Å²) in [5.74, 6) is -0.579. The van der Waals surface area contributed by atoms with E-state index in [0.717, 1.165) is 19.3 Å². The summed E-state index contributed by atoms with van der Waals surface area (Å²) >= 11 is 3.34. The molecule has 206 valence electrons. The molecule has 2 amide bonds. The molecule has 0 heterocycles. The number of hydrazone groups is 1. The summed E-state index contributed by atoms with van der Waals surface area (Å²) in [6.07, 6.45) is 15.5. The highest BCUT2D eigenvalue weighted by molar-refractivity contribution is 9.10. The first-order valence-corrected chi connectivity index (χ1v) is 14.4. The van der Waals surface area contributed by atoms with Crippen molar-refractivity contribution in [1.29, 1.82) is 0 Å². The number of carbonyl (C=O) groups excluding carboxylic acids is 3. The first-order valence-electron chi connectivity index (χ1n) is 13.6. The van der Waals surface area contributed by atoms with Crippen LogP contribution < -0.4 is 15.5 Å². The molecule has 0 saturated carbocycles. The van der Waals surface area contributed by atoms with E-state index in [1.807, 2.05) is 6.07 Å². The summed E-state index contributed by atoms with van der Waals surface area (Å²) in [5, 5.41) is 6.54. The third-order valence-corrected chi connectivity index (χ3v) is 6.73. The zero-order valence-corrected chi connectivity index (χ0v) is 23.9. The van der Waals surface area contributed by atoms with Gasteiger partial charge < -0.3 is 10.1 Å². The Morgan fingerprint density at radius 2 is 1.42 bits per heavy atom. The fraction of sp³-hybridized carbons (Fsp3) is 0.467. The lowest BCUT2D eigenvalue weighted by molar-refractivity contribution is -0.126. The van der Waals surface area contributed by atoms with E-state index in [9.17, 15) is 14.4 Å². The molecule has 0 radical (unpaired) electrons. The van der Waals surface area contributed by atoms with Crippen molar-refractivity contribution in [3.63, 3.8) is 0 Å². The number of rotatable bonds is 18. The lowest BCUT2D eigenvalue weighted by Crippen LogP contribution is -2.34. The average molecular weight is 587 g/mol. The standard InChI is InChI=1S/C30H40BrN3O4/c1-2-3-4-5-6-7-8-9-10-11-12-17-28(35)32-23-29(36)34-33-22-24-18-20-25(21-19-24)38-30(37)26-15-13-14-16-27(26)31/h13-16,18-22H,2-12,17,23H2,1H3,(H,32,35)(H,34,36)/b33-22-. The van der Waals surface area contributed by atoms with Crippen LogP contribution in [0.3, 0.4) is 0 Å². The Morgan fingerprint density at radius 1 is 0.816 bits per heavy atom. The van der Waals surface area contributed by atoms with Gasteiger partial charge in [-0.25, -0.2) is 10.2 Å². The molecule has 7 nitrogen and oxygen atoms in total. The Labute approximate surface area is 234 Å². The number of hydrogen-bond acceptors (Lipinski definition) is 5. The number of nitrogens with one attached hydrogen (secondary N) is 2. The van der Waals surface area contributed by atoms with Gasteiger partial charge in [-0.1, -0.05) is 83.3 Å². The molecule has 0 saturated heterocycles. The van der Waals surface area contributed by atoms with Gasteiger partial charge in [0.1, 0.15) is 5.75 Å². The van der Waals surface area contributed by atoms with Crippen LogP contribution in [0.1, 0.15) is 99.9 Å². The summed E-state index contributed by atoms with van der Waals surface area (Å²) in [4.78, 5) is 36.2. The third-order valence-electron chi connectivity index (χ3n) is 6.04. The number of nitrogens with zero attached hydrogens (tertiary/aromatic N) is 1. The second-order valence-corrected chi connectivity index (χ2v) is 10.1. The van der Waals surface area contributed by atoms with Gasteiger partial charge in [0.25, 0.3) is 5.91 Å². The van der Waals surface area contributed by atoms with Gasteiger partial charge in [0.15, 0.2) is 0 Å². The molecule has 0 bridgehead atoms. The molecular weight excluding hydrogens is 546 g/mol. The number of esters is 1. The highest BCUT2D eigenvalue weighted by Crippen LogP contribution is 2.19. The maximum Gasteiger partial charge on any atom is 0.344 e. The van der Waals surface area contributed by atoms with Crippen molar-refractivity contribution in [2.75, 3.05) is 6.54 Å². The molecule has 0 spiro atoms. The lowest BCUT2D eigenvalue weighted by atomic mass is 10.1. The summed E-state index contributed by atoms with van der Waals surface area (Å²) in [5.41, 5.74) is 3.55. The van der Waals surface area contributed by atoms with E-state index in [-0.39, 0.29) is 12.5 Å². The van der Waals surface area contributed by atoms with Crippen LogP contribution in [0.25, 0.3) is 0 Å². The van der Waals surface area contributed by atoms with Crippen LogP contribution in [0.15, 0.2) is 58.1 Å². The molecule has 0 aromatic heterocycles. The predicted molar refractivity (Wildman–Crippen MR) is 155 cm³/mol. The Balaban J connectivity index is 1.54. The summed E-state index contributed by atoms with van der Waals surface area (Å²) < 4.78 is 6.04. The van der Waals surface area contributed by atoms with Crippen molar-refractivity contribution in [3.05, 3.63) is 64.1 Å². The predicted octanol–water partition coefficient (Wildman–Crippen LogP) is 6.94. The van der Waals surface area contributed by atoms with Crippen LogP contribution in [0.2, 0.25) is 0 Å². The quantitative estimate of drug-likeness (QED) is 0.0651. The zero-order chi connectivity index (χ0) is 27.4. The number of unbranched alkanes of at least 4 members (excludes halogenated alkanes) is 10. The number of benzene rings is 2. The zero-order valence-electron chi connectivity index (χ0n) is 22.3. The van der Waals surface area contributed by atoms with Crippen LogP contribution in [0.4, 0.5) is 0 Å². The van der Waals surface area contributed by atoms with Gasteiger partial charge in [0.05, 0.1) is 18.3 Å². The van der Waals surface area contributed by atoms with Gasteiger partial charge >= 0.3 is 5.97 Å². The summed E-state index contributed by atoms with van der Waals surface area (Å²) in [7, 11) is 0. The molecule has 2 aromatic carbocycles. The lowest BCUT2D eigenvalue weighted by Gasteiger charge is -2.06. The first-order chi connectivity index (χ1) is 18.5. The Morgan fingerprint density at radius 3 is 2.05 bits per heavy atom. The molecule has 2 rings (SSSR count). The van der Waals surface area contributed by atoms with Crippen LogP contribution >= 0.6 is 15.9 Å². The number of hydrogen-bond donors (Lipinski definition) is 2. The minimum atomic E-state index is -0.461. The van der Waals surface area contributed by atoms with E-state index in [0.29, 0.717) is 27.8 Å². The molecule has 2 N–H and O–H groups in total. The monoisotopic (exact) mass is 585 g/mol. The fourth-order valence-corrected chi connectivity index (χ4v) is 4.29. The van der Waals surface area contributed by atoms with E-state index in [1.54, 1.807) is 42.5 Å². The molecule has 2 aromatic rings. The molecule has 0 unspecified atom stereocenters. The van der Waals surface area contributed by atoms with Crippen molar-refractivity contribution >= 4 is 39.9 Å². The van der Waals surface area contributed by atoms with E-state index in [1.165, 1.54) is 57.6 Å². The second kappa shape index (κ2) is 19.1. The fourth-order valence-electron chi connectivity index (χ4n) is 3.85. The number of halogens is 1. The van der Waals surface area contributed by atoms with E-state index in [2.05, 4.69) is 38.7 Å². The number of amides is 2. The van der Waals surface area contributed by atoms with Crippen molar-refractivity contribution < 1.29 is 19.1 Å². The van der Waals surface area contributed by atoms with Crippen molar-refractivity contribution in [2.24, 2.45) is 5.10 Å². The second-order valence-electron chi connectivity index (χ2n) is 9.29. The molecule has 8 heteroatoms. The molecule has 0 aliphatic carbocycles. The van der Waals surface area contributed by atoms with E-state index in [4.69, 9.17) is 4.74 Å². The molecular formula is C30H40BrN3O4. The largest absolute Gasteiger partial charge is 0.423 e. The van der Waals surface area contributed by atoms with Crippen molar-refractivity contribution in [2.45, 2.75) is 84.0 Å². The minimum Gasteiger partial charge on any atom is -0.423 e. The van der Waals surface area contributed by atoms with Gasteiger partial charge in [-0.05, 0) is 64.3 Å². The molecule has 38 heavy (non-hydrogen) atoms. The molecule has 0 aliphatic heterocycles. The maximum absolute atomic E-state index is 12.3. The highest BCUT2D eigenvalue weighted by Gasteiger charge is 2.11. The topological polar surface area (TPSA) is 96.9 Å². The smallest absolute Gasteiger partial charge is 0.344 e. The first kappa shape index (κ1) is 31.2. The van der Waals surface area contributed by atoms with Crippen LogP contribution in [0.5, 0.6) is 5.75 Å². The maximum atomic E-state index is 12.3. The Bertz CT molecular complexity index is 1020. The van der Waals surface area contributed by atoms with E-state index >= 15 is 0 Å².